The molecule has 6 nitrogen and oxygen atoms in total. The molecule has 56 heavy (non-hydrogen) atoms. The molecule has 0 saturated heterocycles. The van der Waals surface area contributed by atoms with Crippen LogP contribution in [0.15, 0.2) is 156 Å². The number of hydrogen-bond acceptors (Lipinski definition) is 6. The molecule has 0 radical (unpaired) electrons. The van der Waals surface area contributed by atoms with Gasteiger partial charge in [0.1, 0.15) is 11.2 Å². The lowest BCUT2D eigenvalue weighted by Gasteiger charge is -2.21. The van der Waals surface area contributed by atoms with Crippen LogP contribution in [-0.4, -0.2) is 19.9 Å². The Balaban J connectivity index is 1.16. The minimum absolute atomic E-state index is 0.118. The molecule has 0 saturated carbocycles. The van der Waals surface area contributed by atoms with Gasteiger partial charge in [0.15, 0.2) is 17.5 Å². The van der Waals surface area contributed by atoms with Crippen molar-refractivity contribution in [3.05, 3.63) is 168 Å². The summed E-state index contributed by atoms with van der Waals surface area (Å²) in [5.74, 6) is 1.57. The van der Waals surface area contributed by atoms with Crippen LogP contribution >= 0.6 is 0 Å². The van der Waals surface area contributed by atoms with Crippen molar-refractivity contribution in [1.82, 2.24) is 19.9 Å². The molecule has 0 amide bonds. The maximum Gasteiger partial charge on any atom is 0.167 e. The molecule has 7 aromatic carbocycles. The molecule has 0 bridgehead atoms. The van der Waals surface area contributed by atoms with Gasteiger partial charge >= 0.3 is 0 Å². The van der Waals surface area contributed by atoms with Crippen LogP contribution in [0.3, 0.4) is 0 Å². The molecule has 11 rings (SSSR count). The van der Waals surface area contributed by atoms with Gasteiger partial charge in [-0.3, -0.25) is 0 Å². The van der Waals surface area contributed by atoms with E-state index in [1.165, 1.54) is 22.3 Å². The maximum atomic E-state index is 9.52. The third kappa shape index (κ3) is 4.74. The Morgan fingerprint density at radius 2 is 1.12 bits per heavy atom. The molecule has 262 valence electrons. The number of aromatic nitrogens is 4. The van der Waals surface area contributed by atoms with Crippen LogP contribution in [0.5, 0.6) is 0 Å². The van der Waals surface area contributed by atoms with E-state index in [0.717, 1.165) is 66.0 Å². The van der Waals surface area contributed by atoms with Crippen LogP contribution < -0.4 is 0 Å². The molecule has 1 aliphatic rings. The summed E-state index contributed by atoms with van der Waals surface area (Å²) in [6.45, 7) is 4.56. The first kappa shape index (κ1) is 32.0. The summed E-state index contributed by atoms with van der Waals surface area (Å²) in [4.78, 5) is 20.5. The first-order valence-electron chi connectivity index (χ1n) is 18.7. The SMILES string of the molecule is CC1(C)c2ccccc2-c2cc(-c3nc(-c4ccc(C#N)cc4)nc(-c4cccc5c4oc4c5ccc5c(-c6ccccc6)nc6ccccc6c54)n3)ccc21. The molecule has 6 heteroatoms. The van der Waals surface area contributed by atoms with Gasteiger partial charge < -0.3 is 4.42 Å². The Bertz CT molecular complexity index is 3280. The van der Waals surface area contributed by atoms with Gasteiger partial charge in [-0.1, -0.05) is 117 Å². The second-order valence-corrected chi connectivity index (χ2v) is 14.9. The molecule has 0 spiro atoms. The lowest BCUT2D eigenvalue weighted by Crippen LogP contribution is -2.14. The van der Waals surface area contributed by atoms with E-state index < -0.39 is 0 Å². The van der Waals surface area contributed by atoms with E-state index in [2.05, 4.69) is 105 Å². The maximum absolute atomic E-state index is 9.52. The number of nitriles is 1. The van der Waals surface area contributed by atoms with Crippen molar-refractivity contribution < 1.29 is 4.42 Å². The number of benzene rings is 7. The Morgan fingerprint density at radius 1 is 0.482 bits per heavy atom. The van der Waals surface area contributed by atoms with E-state index >= 15 is 0 Å². The predicted molar refractivity (Wildman–Crippen MR) is 224 cm³/mol. The Morgan fingerprint density at radius 3 is 1.96 bits per heavy atom. The van der Waals surface area contributed by atoms with Crippen LogP contribution in [-0.2, 0) is 5.41 Å². The molecule has 0 aliphatic heterocycles. The average Bonchev–Trinajstić information content (AvgIpc) is 3.75. The highest BCUT2D eigenvalue weighted by Gasteiger charge is 2.35. The third-order valence-corrected chi connectivity index (χ3v) is 11.4. The van der Waals surface area contributed by atoms with E-state index in [1.54, 1.807) is 12.1 Å². The van der Waals surface area contributed by atoms with Crippen LogP contribution in [0, 0.1) is 11.3 Å². The van der Waals surface area contributed by atoms with Gasteiger partial charge in [0.05, 0.1) is 28.4 Å². The van der Waals surface area contributed by atoms with E-state index in [9.17, 15) is 5.26 Å². The number of hydrogen-bond donors (Lipinski definition) is 0. The Hall–Kier alpha value is -7.49. The quantitative estimate of drug-likeness (QED) is 0.168. The summed E-state index contributed by atoms with van der Waals surface area (Å²) in [5.41, 5.74) is 12.3. The van der Waals surface area contributed by atoms with Gasteiger partial charge in [-0.2, -0.15) is 5.26 Å². The van der Waals surface area contributed by atoms with Crippen molar-refractivity contribution in [2.75, 3.05) is 0 Å². The minimum atomic E-state index is -0.118. The Labute approximate surface area is 322 Å². The number of furan rings is 1. The van der Waals surface area contributed by atoms with E-state index in [1.807, 2.05) is 54.6 Å². The zero-order valence-corrected chi connectivity index (χ0v) is 30.6. The number of rotatable bonds is 4. The smallest absolute Gasteiger partial charge is 0.167 e. The Kier molecular flexibility index (Phi) is 6.86. The number of nitrogens with zero attached hydrogens (tertiary/aromatic N) is 5. The van der Waals surface area contributed by atoms with Gasteiger partial charge in [-0.05, 0) is 70.8 Å². The van der Waals surface area contributed by atoms with Crippen molar-refractivity contribution in [2.45, 2.75) is 19.3 Å². The largest absolute Gasteiger partial charge is 0.455 e. The average molecular weight is 718 g/mol. The molecule has 10 aromatic rings. The summed E-state index contributed by atoms with van der Waals surface area (Å²) in [5, 5.41) is 14.6. The second kappa shape index (κ2) is 12.0. The molecular formula is C50H31N5O. The first-order valence-corrected chi connectivity index (χ1v) is 18.7. The van der Waals surface area contributed by atoms with Crippen LogP contribution in [0.4, 0.5) is 0 Å². The molecule has 0 fully saturated rings. The van der Waals surface area contributed by atoms with Crippen molar-refractivity contribution in [3.8, 4) is 62.6 Å². The summed E-state index contributed by atoms with van der Waals surface area (Å²) < 4.78 is 7.03. The minimum Gasteiger partial charge on any atom is -0.455 e. The third-order valence-electron chi connectivity index (χ3n) is 11.4. The molecular weight excluding hydrogens is 687 g/mol. The molecule has 1 aliphatic carbocycles. The van der Waals surface area contributed by atoms with Gasteiger partial charge in [0.2, 0.25) is 0 Å². The summed E-state index contributed by atoms with van der Waals surface area (Å²) in [6.07, 6.45) is 0. The normalized spacial score (nSPS) is 12.9. The fourth-order valence-electron chi connectivity index (χ4n) is 8.59. The number of fused-ring (bicyclic) bond motifs is 10. The molecule has 0 unspecified atom stereocenters. The van der Waals surface area contributed by atoms with Gasteiger partial charge in [-0.25, -0.2) is 19.9 Å². The standard InChI is InChI=1S/C50H31N5O/c1-50(2)40-17-8-6-13-33(40)39-27-32(23-26-41(39)50)48-53-47(31-21-19-29(28-51)20-22-31)54-49(55-48)38-16-10-15-34-35-24-25-37-43(46(35)56-45(34)38)36-14-7-9-18-42(36)52-44(37)30-11-4-3-5-12-30/h3-27H,1-2H3. The lowest BCUT2D eigenvalue weighted by atomic mass is 9.82. The number of pyridine rings is 1. The number of para-hydroxylation sites is 2. The van der Waals surface area contributed by atoms with E-state index in [4.69, 9.17) is 24.4 Å². The highest BCUT2D eigenvalue weighted by atomic mass is 16.3. The predicted octanol–water partition coefficient (Wildman–Crippen LogP) is 12.3. The van der Waals surface area contributed by atoms with Crippen molar-refractivity contribution in [2.24, 2.45) is 0 Å². The van der Waals surface area contributed by atoms with Crippen LogP contribution in [0.1, 0.15) is 30.5 Å². The summed E-state index contributed by atoms with van der Waals surface area (Å²) in [6, 6.07) is 53.8. The molecule has 0 atom stereocenters. The van der Waals surface area contributed by atoms with Crippen LogP contribution in [0.2, 0.25) is 0 Å². The second-order valence-electron chi connectivity index (χ2n) is 14.9. The van der Waals surface area contributed by atoms with Crippen molar-refractivity contribution in [3.63, 3.8) is 0 Å². The first-order chi connectivity index (χ1) is 27.5. The zero-order valence-electron chi connectivity index (χ0n) is 30.6. The van der Waals surface area contributed by atoms with Gasteiger partial charge in [0, 0.05) is 49.0 Å². The molecule has 3 heterocycles. The van der Waals surface area contributed by atoms with E-state index in [-0.39, 0.29) is 5.41 Å². The van der Waals surface area contributed by atoms with Crippen molar-refractivity contribution >= 4 is 43.6 Å². The summed E-state index contributed by atoms with van der Waals surface area (Å²) >= 11 is 0. The van der Waals surface area contributed by atoms with E-state index in [0.29, 0.717) is 28.6 Å². The van der Waals surface area contributed by atoms with Gasteiger partial charge in [0.25, 0.3) is 0 Å². The molecule has 3 aromatic heterocycles. The van der Waals surface area contributed by atoms with Crippen molar-refractivity contribution in [1.29, 1.82) is 5.26 Å². The lowest BCUT2D eigenvalue weighted by molar-refractivity contribution is 0.660. The van der Waals surface area contributed by atoms with Gasteiger partial charge in [-0.15, -0.1) is 0 Å². The fourth-order valence-corrected chi connectivity index (χ4v) is 8.59. The van der Waals surface area contributed by atoms with Crippen LogP contribution in [0.25, 0.3) is 100 Å². The summed E-state index contributed by atoms with van der Waals surface area (Å²) in [7, 11) is 0. The highest BCUT2D eigenvalue weighted by molar-refractivity contribution is 6.25. The molecule has 0 N–H and O–H groups in total. The topological polar surface area (TPSA) is 88.5 Å². The monoisotopic (exact) mass is 717 g/mol. The fraction of sp³-hybridized carbons (Fsp3) is 0.0600. The zero-order chi connectivity index (χ0) is 37.5. The highest BCUT2D eigenvalue weighted by Crippen LogP contribution is 2.49.